The Balaban J connectivity index is 1.74. The Labute approximate surface area is 178 Å². The van der Waals surface area contributed by atoms with E-state index in [0.29, 0.717) is 16.8 Å². The average Bonchev–Trinajstić information content (AvgIpc) is 2.77. The summed E-state index contributed by atoms with van der Waals surface area (Å²) in [6.07, 6.45) is 0.685. The Hall–Kier alpha value is -4.09. The molecule has 3 aromatic rings. The first-order valence-electron chi connectivity index (χ1n) is 9.17. The van der Waals surface area contributed by atoms with Gasteiger partial charge in [0.05, 0.1) is 11.9 Å². The summed E-state index contributed by atoms with van der Waals surface area (Å²) in [7, 11) is 3.52. The Bertz CT molecular complexity index is 1100. The first-order valence-corrected chi connectivity index (χ1v) is 9.17. The number of anilines is 2. The molecule has 11 nitrogen and oxygen atoms in total. The third-order valence-corrected chi connectivity index (χ3v) is 4.30. The zero-order valence-corrected chi connectivity index (χ0v) is 16.9. The van der Waals surface area contributed by atoms with E-state index in [4.69, 9.17) is 11.5 Å². The molecule has 7 N–H and O–H groups in total. The third-order valence-electron chi connectivity index (χ3n) is 4.30. The highest BCUT2D eigenvalue weighted by Gasteiger charge is 2.17. The number of nitrogens with one attached hydrogen (secondary N) is 2. The monoisotopic (exact) mass is 422 g/mol. The van der Waals surface area contributed by atoms with Crippen LogP contribution in [-0.2, 0) is 0 Å². The summed E-state index contributed by atoms with van der Waals surface area (Å²) < 4.78 is 0. The van der Waals surface area contributed by atoms with Crippen molar-refractivity contribution in [3.05, 3.63) is 65.6 Å². The molecule has 0 radical (unpaired) electrons. The van der Waals surface area contributed by atoms with Crippen LogP contribution >= 0.6 is 0 Å². The third kappa shape index (κ3) is 5.10. The molecule has 0 bridgehead atoms. The van der Waals surface area contributed by atoms with Gasteiger partial charge in [0.2, 0.25) is 0 Å². The number of pyridine rings is 1. The number of carbonyl (C=O) groups excluding carboxylic acids is 2. The van der Waals surface area contributed by atoms with Crippen molar-refractivity contribution in [1.29, 1.82) is 0 Å². The molecule has 1 unspecified atom stereocenters. The standard InChI is InChI=1S/C20H22N8O3/c1-28(2)20(31)12-8-6-11(7-9-12)14-10-23-17(22)16(25-14)19(30)27-26-18(29)13-4-3-5-15(21)24-13/h3-10,20,31H,1-2H3,(H2,21,24)(H2,22,23)(H,26,29)(H,27,30). The van der Waals surface area contributed by atoms with E-state index < -0.39 is 18.0 Å². The summed E-state index contributed by atoms with van der Waals surface area (Å²) in [5.74, 6) is -1.33. The Morgan fingerprint density at radius 2 is 1.68 bits per heavy atom. The summed E-state index contributed by atoms with van der Waals surface area (Å²) in [4.78, 5) is 38.4. The number of benzene rings is 1. The molecule has 3 rings (SSSR count). The summed E-state index contributed by atoms with van der Waals surface area (Å²) in [6.45, 7) is 0. The van der Waals surface area contributed by atoms with Crippen molar-refractivity contribution in [1.82, 2.24) is 30.7 Å². The maximum Gasteiger partial charge on any atom is 0.292 e. The average molecular weight is 422 g/mol. The van der Waals surface area contributed by atoms with Crippen molar-refractivity contribution in [3.63, 3.8) is 0 Å². The van der Waals surface area contributed by atoms with Crippen molar-refractivity contribution < 1.29 is 14.7 Å². The second kappa shape index (κ2) is 9.15. The predicted octanol–water partition coefficient (Wildman–Crippen LogP) is 0.330. The van der Waals surface area contributed by atoms with Crippen LogP contribution < -0.4 is 22.3 Å². The van der Waals surface area contributed by atoms with Crippen LogP contribution in [0.3, 0.4) is 0 Å². The summed E-state index contributed by atoms with van der Waals surface area (Å²) in [6, 6.07) is 11.5. The van der Waals surface area contributed by atoms with E-state index in [1.165, 1.54) is 18.3 Å². The van der Waals surface area contributed by atoms with Crippen molar-refractivity contribution in [2.45, 2.75) is 6.23 Å². The molecule has 2 aromatic heterocycles. The number of rotatable bonds is 5. The van der Waals surface area contributed by atoms with E-state index in [0.717, 1.165) is 0 Å². The number of aliphatic hydroxyl groups excluding tert-OH is 1. The van der Waals surface area contributed by atoms with Gasteiger partial charge in [-0.25, -0.2) is 15.0 Å². The highest BCUT2D eigenvalue weighted by atomic mass is 16.3. The van der Waals surface area contributed by atoms with E-state index in [1.807, 2.05) is 0 Å². The Morgan fingerprint density at radius 3 is 2.32 bits per heavy atom. The van der Waals surface area contributed by atoms with Gasteiger partial charge in [0.25, 0.3) is 11.8 Å². The van der Waals surface area contributed by atoms with Gasteiger partial charge in [0.1, 0.15) is 17.7 Å². The minimum atomic E-state index is -0.747. The summed E-state index contributed by atoms with van der Waals surface area (Å²) in [5.41, 5.74) is 17.4. The lowest BCUT2D eigenvalue weighted by molar-refractivity contribution is 0.0395. The predicted molar refractivity (Wildman–Crippen MR) is 114 cm³/mol. The molecule has 0 fully saturated rings. The number of aromatic nitrogens is 3. The van der Waals surface area contributed by atoms with Gasteiger partial charge in [-0.05, 0) is 31.8 Å². The Morgan fingerprint density at radius 1 is 1.00 bits per heavy atom. The van der Waals surface area contributed by atoms with E-state index in [1.54, 1.807) is 49.3 Å². The lowest BCUT2D eigenvalue weighted by Gasteiger charge is -2.18. The molecule has 2 heterocycles. The van der Waals surface area contributed by atoms with Gasteiger partial charge in [-0.2, -0.15) is 0 Å². The van der Waals surface area contributed by atoms with E-state index in [-0.39, 0.29) is 23.0 Å². The van der Waals surface area contributed by atoms with Crippen LogP contribution in [0.1, 0.15) is 32.8 Å². The zero-order chi connectivity index (χ0) is 22.5. The number of hydrogen-bond donors (Lipinski definition) is 5. The van der Waals surface area contributed by atoms with Crippen molar-refractivity contribution in [3.8, 4) is 11.3 Å². The molecule has 0 aliphatic heterocycles. The van der Waals surface area contributed by atoms with Crippen molar-refractivity contribution in [2.75, 3.05) is 25.6 Å². The van der Waals surface area contributed by atoms with Gasteiger partial charge < -0.3 is 16.6 Å². The molecule has 0 aliphatic carbocycles. The van der Waals surface area contributed by atoms with Crippen LogP contribution in [0.5, 0.6) is 0 Å². The molecule has 31 heavy (non-hydrogen) atoms. The molecular formula is C20H22N8O3. The normalized spacial score (nSPS) is 11.7. The lowest BCUT2D eigenvalue weighted by Crippen LogP contribution is -2.42. The fourth-order valence-corrected chi connectivity index (χ4v) is 2.64. The number of hydrogen-bond acceptors (Lipinski definition) is 9. The molecule has 0 saturated carbocycles. The number of hydrazine groups is 1. The van der Waals surface area contributed by atoms with Crippen LogP contribution in [0.4, 0.5) is 11.6 Å². The molecule has 1 atom stereocenters. The van der Waals surface area contributed by atoms with Crippen LogP contribution in [0.15, 0.2) is 48.7 Å². The van der Waals surface area contributed by atoms with E-state index in [9.17, 15) is 14.7 Å². The number of nitrogens with two attached hydrogens (primary N) is 2. The molecule has 0 spiro atoms. The maximum absolute atomic E-state index is 12.5. The first-order chi connectivity index (χ1) is 14.8. The molecule has 11 heteroatoms. The smallest absolute Gasteiger partial charge is 0.292 e. The van der Waals surface area contributed by atoms with Gasteiger partial charge in [-0.3, -0.25) is 25.3 Å². The minimum Gasteiger partial charge on any atom is -0.384 e. The van der Waals surface area contributed by atoms with Crippen molar-refractivity contribution >= 4 is 23.5 Å². The Kier molecular flexibility index (Phi) is 6.38. The van der Waals surface area contributed by atoms with Gasteiger partial charge in [0.15, 0.2) is 11.5 Å². The largest absolute Gasteiger partial charge is 0.384 e. The van der Waals surface area contributed by atoms with Crippen LogP contribution in [-0.4, -0.2) is 50.9 Å². The second-order valence-corrected chi connectivity index (χ2v) is 6.80. The van der Waals surface area contributed by atoms with Gasteiger partial charge in [-0.15, -0.1) is 0 Å². The lowest BCUT2D eigenvalue weighted by atomic mass is 10.1. The van der Waals surface area contributed by atoms with Crippen LogP contribution in [0.25, 0.3) is 11.3 Å². The van der Waals surface area contributed by atoms with Crippen molar-refractivity contribution in [2.24, 2.45) is 0 Å². The number of aliphatic hydroxyl groups is 1. The summed E-state index contributed by atoms with van der Waals surface area (Å²) >= 11 is 0. The molecule has 1 aromatic carbocycles. The number of carbonyl (C=O) groups is 2. The highest BCUT2D eigenvalue weighted by Crippen LogP contribution is 2.22. The maximum atomic E-state index is 12.5. The fourth-order valence-electron chi connectivity index (χ4n) is 2.64. The van der Waals surface area contributed by atoms with Crippen LogP contribution in [0, 0.1) is 0 Å². The number of nitrogen functional groups attached to an aromatic ring is 2. The summed E-state index contributed by atoms with van der Waals surface area (Å²) in [5, 5.41) is 10.1. The molecule has 160 valence electrons. The van der Waals surface area contributed by atoms with Gasteiger partial charge >= 0.3 is 0 Å². The van der Waals surface area contributed by atoms with Crippen LogP contribution in [0.2, 0.25) is 0 Å². The minimum absolute atomic E-state index is 0.0353. The topological polar surface area (TPSA) is 172 Å². The fraction of sp³-hybridized carbons (Fsp3) is 0.150. The molecular weight excluding hydrogens is 400 g/mol. The molecule has 0 aliphatic rings. The quantitative estimate of drug-likeness (QED) is 0.287. The number of nitrogens with zero attached hydrogens (tertiary/aromatic N) is 4. The van der Waals surface area contributed by atoms with Gasteiger partial charge in [-0.1, -0.05) is 30.3 Å². The van der Waals surface area contributed by atoms with E-state index >= 15 is 0 Å². The molecule has 0 saturated heterocycles. The van der Waals surface area contributed by atoms with E-state index in [2.05, 4.69) is 25.8 Å². The molecule has 2 amide bonds. The number of amides is 2. The first kappa shape index (κ1) is 21.6. The van der Waals surface area contributed by atoms with Gasteiger partial charge in [0, 0.05) is 5.56 Å². The highest BCUT2D eigenvalue weighted by molar-refractivity contribution is 5.99. The zero-order valence-electron chi connectivity index (χ0n) is 16.9. The second-order valence-electron chi connectivity index (χ2n) is 6.80. The SMILES string of the molecule is CN(C)C(O)c1ccc(-c2cnc(N)c(C(=O)NNC(=O)c3cccc(N)n3)n2)cc1.